The Labute approximate surface area is 107 Å². The third kappa shape index (κ3) is 2.64. The maximum atomic E-state index is 12.3. The molecule has 1 heterocycles. The van der Waals surface area contributed by atoms with Gasteiger partial charge in [0, 0.05) is 11.6 Å². The lowest BCUT2D eigenvalue weighted by Crippen LogP contribution is -2.20. The van der Waals surface area contributed by atoms with E-state index >= 15 is 0 Å². The van der Waals surface area contributed by atoms with Crippen LogP contribution in [-0.4, -0.2) is 32.2 Å². The molecule has 0 spiro atoms. The van der Waals surface area contributed by atoms with Gasteiger partial charge in [0.15, 0.2) is 5.78 Å². The second-order valence-electron chi connectivity index (χ2n) is 4.48. The Morgan fingerprint density at radius 1 is 1.17 bits per heavy atom. The third-order valence-electron chi connectivity index (χ3n) is 3.16. The standard InChI is InChI=1S/C14H18O4/c1-9-4-5-13(18-9)14(15)10-6-11(16-2)8-12(7-10)17-3/h6-9,13H,4-5H2,1-3H3. The van der Waals surface area contributed by atoms with Gasteiger partial charge in [0.2, 0.25) is 0 Å². The Kier molecular flexibility index (Phi) is 3.87. The monoisotopic (exact) mass is 250 g/mol. The molecule has 1 saturated heterocycles. The van der Waals surface area contributed by atoms with Gasteiger partial charge in [-0.25, -0.2) is 0 Å². The highest BCUT2D eigenvalue weighted by atomic mass is 16.5. The minimum absolute atomic E-state index is 0.00319. The predicted octanol–water partition coefficient (Wildman–Crippen LogP) is 2.45. The molecule has 0 aliphatic carbocycles. The molecule has 18 heavy (non-hydrogen) atoms. The summed E-state index contributed by atoms with van der Waals surface area (Å²) in [6.07, 6.45) is 1.53. The Bertz CT molecular complexity index is 419. The highest BCUT2D eigenvalue weighted by molar-refractivity contribution is 6.00. The molecule has 0 N–H and O–H groups in total. The molecule has 4 nitrogen and oxygen atoms in total. The average molecular weight is 250 g/mol. The summed E-state index contributed by atoms with van der Waals surface area (Å²) in [4.78, 5) is 12.3. The van der Waals surface area contributed by atoms with Crippen molar-refractivity contribution < 1.29 is 19.0 Å². The van der Waals surface area contributed by atoms with E-state index in [1.807, 2.05) is 6.92 Å². The molecular weight excluding hydrogens is 232 g/mol. The summed E-state index contributed by atoms with van der Waals surface area (Å²) in [5.41, 5.74) is 0.574. The molecule has 0 aromatic heterocycles. The van der Waals surface area contributed by atoms with Crippen molar-refractivity contribution in [1.82, 2.24) is 0 Å². The maximum absolute atomic E-state index is 12.3. The summed E-state index contributed by atoms with van der Waals surface area (Å²) in [5, 5.41) is 0. The Balaban J connectivity index is 2.24. The van der Waals surface area contributed by atoms with Crippen molar-refractivity contribution in [3.05, 3.63) is 23.8 Å². The molecule has 2 atom stereocenters. The molecule has 0 bridgehead atoms. The van der Waals surface area contributed by atoms with Crippen LogP contribution in [0.15, 0.2) is 18.2 Å². The number of methoxy groups -OCH3 is 2. The SMILES string of the molecule is COc1cc(OC)cc(C(=O)C2CCC(C)O2)c1. The zero-order chi connectivity index (χ0) is 13.1. The Morgan fingerprint density at radius 2 is 1.78 bits per heavy atom. The van der Waals surface area contributed by atoms with E-state index in [1.165, 1.54) is 0 Å². The molecule has 1 aliphatic rings. The summed E-state index contributed by atoms with van der Waals surface area (Å²) in [6, 6.07) is 5.18. The lowest BCUT2D eigenvalue weighted by molar-refractivity contribution is 0.0433. The molecule has 98 valence electrons. The minimum Gasteiger partial charge on any atom is -0.497 e. The predicted molar refractivity (Wildman–Crippen MR) is 67.4 cm³/mol. The van der Waals surface area contributed by atoms with Crippen molar-refractivity contribution in [2.75, 3.05) is 14.2 Å². The van der Waals surface area contributed by atoms with E-state index in [2.05, 4.69) is 0 Å². The molecule has 4 heteroatoms. The Morgan fingerprint density at radius 3 is 2.22 bits per heavy atom. The van der Waals surface area contributed by atoms with Crippen LogP contribution in [0, 0.1) is 0 Å². The lowest BCUT2D eigenvalue weighted by Gasteiger charge is -2.12. The van der Waals surface area contributed by atoms with Gasteiger partial charge >= 0.3 is 0 Å². The van der Waals surface area contributed by atoms with Crippen molar-refractivity contribution in [3.63, 3.8) is 0 Å². The van der Waals surface area contributed by atoms with Crippen LogP contribution in [0.5, 0.6) is 11.5 Å². The van der Waals surface area contributed by atoms with E-state index in [0.29, 0.717) is 17.1 Å². The summed E-state index contributed by atoms with van der Waals surface area (Å²) in [6.45, 7) is 1.99. The molecular formula is C14H18O4. The molecule has 2 unspecified atom stereocenters. The molecule has 1 aromatic rings. The second-order valence-corrected chi connectivity index (χ2v) is 4.48. The largest absolute Gasteiger partial charge is 0.497 e. The van der Waals surface area contributed by atoms with Crippen molar-refractivity contribution in [2.24, 2.45) is 0 Å². The topological polar surface area (TPSA) is 44.8 Å². The Hall–Kier alpha value is -1.55. The van der Waals surface area contributed by atoms with Crippen LogP contribution in [0.3, 0.4) is 0 Å². The zero-order valence-electron chi connectivity index (χ0n) is 10.9. The number of hydrogen-bond donors (Lipinski definition) is 0. The van der Waals surface area contributed by atoms with E-state index < -0.39 is 0 Å². The summed E-state index contributed by atoms with van der Waals surface area (Å²) in [7, 11) is 3.13. The van der Waals surface area contributed by atoms with Gasteiger partial charge in [-0.2, -0.15) is 0 Å². The molecule has 0 saturated carbocycles. The van der Waals surface area contributed by atoms with Crippen LogP contribution in [-0.2, 0) is 4.74 Å². The smallest absolute Gasteiger partial charge is 0.191 e. The van der Waals surface area contributed by atoms with E-state index in [9.17, 15) is 4.79 Å². The van der Waals surface area contributed by atoms with Crippen molar-refractivity contribution in [3.8, 4) is 11.5 Å². The van der Waals surface area contributed by atoms with Gasteiger partial charge in [-0.1, -0.05) is 0 Å². The van der Waals surface area contributed by atoms with E-state index in [-0.39, 0.29) is 18.0 Å². The maximum Gasteiger partial charge on any atom is 0.191 e. The summed E-state index contributed by atoms with van der Waals surface area (Å²) in [5.74, 6) is 1.23. The van der Waals surface area contributed by atoms with Crippen LogP contribution in [0.4, 0.5) is 0 Å². The second kappa shape index (κ2) is 5.40. The van der Waals surface area contributed by atoms with Gasteiger partial charge in [-0.3, -0.25) is 4.79 Å². The third-order valence-corrected chi connectivity index (χ3v) is 3.16. The first-order valence-electron chi connectivity index (χ1n) is 6.06. The van der Waals surface area contributed by atoms with E-state index in [1.54, 1.807) is 32.4 Å². The number of carbonyl (C=O) groups is 1. The highest BCUT2D eigenvalue weighted by Crippen LogP contribution is 2.27. The number of ketones is 1. The molecule has 0 radical (unpaired) electrons. The van der Waals surface area contributed by atoms with Gasteiger partial charge in [0.05, 0.1) is 20.3 Å². The highest BCUT2D eigenvalue weighted by Gasteiger charge is 2.29. The first kappa shape index (κ1) is 12.9. The molecule has 1 aliphatic heterocycles. The quantitative estimate of drug-likeness (QED) is 0.770. The molecule has 1 aromatic carbocycles. The fourth-order valence-corrected chi connectivity index (χ4v) is 2.13. The normalized spacial score (nSPS) is 22.8. The van der Waals surface area contributed by atoms with Crippen molar-refractivity contribution in [1.29, 1.82) is 0 Å². The number of rotatable bonds is 4. The average Bonchev–Trinajstić information content (AvgIpc) is 2.83. The van der Waals surface area contributed by atoms with Gasteiger partial charge in [-0.05, 0) is 31.9 Å². The van der Waals surface area contributed by atoms with E-state index in [0.717, 1.165) is 12.8 Å². The number of Topliss-reactive ketones (excluding diaryl/α,β-unsaturated/α-hetero) is 1. The number of benzene rings is 1. The number of ether oxygens (including phenoxy) is 3. The van der Waals surface area contributed by atoms with Gasteiger partial charge in [0.25, 0.3) is 0 Å². The first-order valence-corrected chi connectivity index (χ1v) is 6.06. The lowest BCUT2D eigenvalue weighted by atomic mass is 10.0. The molecule has 2 rings (SSSR count). The van der Waals surface area contributed by atoms with Crippen LogP contribution in [0.2, 0.25) is 0 Å². The van der Waals surface area contributed by atoms with Gasteiger partial charge < -0.3 is 14.2 Å². The minimum atomic E-state index is -0.336. The summed E-state index contributed by atoms with van der Waals surface area (Å²) >= 11 is 0. The summed E-state index contributed by atoms with van der Waals surface area (Å²) < 4.78 is 15.9. The number of hydrogen-bond acceptors (Lipinski definition) is 4. The van der Waals surface area contributed by atoms with Crippen LogP contribution in [0.25, 0.3) is 0 Å². The van der Waals surface area contributed by atoms with Gasteiger partial charge in [-0.15, -0.1) is 0 Å². The number of carbonyl (C=O) groups excluding carboxylic acids is 1. The van der Waals surface area contributed by atoms with Crippen LogP contribution < -0.4 is 9.47 Å². The van der Waals surface area contributed by atoms with Crippen LogP contribution in [0.1, 0.15) is 30.1 Å². The molecule has 1 fully saturated rings. The van der Waals surface area contributed by atoms with E-state index in [4.69, 9.17) is 14.2 Å². The van der Waals surface area contributed by atoms with Crippen LogP contribution >= 0.6 is 0 Å². The fourth-order valence-electron chi connectivity index (χ4n) is 2.13. The van der Waals surface area contributed by atoms with Gasteiger partial charge in [0.1, 0.15) is 17.6 Å². The first-order chi connectivity index (χ1) is 8.63. The fraction of sp³-hybridized carbons (Fsp3) is 0.500. The molecule has 0 amide bonds. The van der Waals surface area contributed by atoms with Crippen molar-refractivity contribution >= 4 is 5.78 Å². The van der Waals surface area contributed by atoms with Crippen molar-refractivity contribution in [2.45, 2.75) is 32.0 Å². The zero-order valence-corrected chi connectivity index (χ0v) is 10.9.